The van der Waals surface area contributed by atoms with Gasteiger partial charge in [0.2, 0.25) is 0 Å². The minimum absolute atomic E-state index is 0.153. The fourth-order valence-electron chi connectivity index (χ4n) is 1.77. The van der Waals surface area contributed by atoms with Crippen LogP contribution in [-0.4, -0.2) is 16.6 Å². The first kappa shape index (κ1) is 13.6. The van der Waals surface area contributed by atoms with Crippen molar-refractivity contribution in [2.75, 3.05) is 0 Å². The lowest BCUT2D eigenvalue weighted by molar-refractivity contribution is -0.143. The van der Waals surface area contributed by atoms with Crippen LogP contribution in [0.15, 0.2) is 24.3 Å². The standard InChI is InChI=1S/C13H18FNO2/c1-2-3-7-13(15,12(16)17)9-10-5-4-6-11(14)8-10/h4-6,8H,2-3,7,9,15H2,1H3,(H,16,17)/t13-/m1/s1. The molecule has 94 valence electrons. The van der Waals surface area contributed by atoms with E-state index in [1.165, 1.54) is 12.1 Å². The van der Waals surface area contributed by atoms with Crippen molar-refractivity contribution in [1.29, 1.82) is 0 Å². The minimum atomic E-state index is -1.30. The van der Waals surface area contributed by atoms with Gasteiger partial charge in [-0.25, -0.2) is 4.39 Å². The fraction of sp³-hybridized carbons (Fsp3) is 0.462. The number of aliphatic carboxylic acids is 1. The summed E-state index contributed by atoms with van der Waals surface area (Å²) in [5, 5.41) is 9.17. The second-order valence-electron chi connectivity index (χ2n) is 4.37. The molecule has 0 saturated carbocycles. The molecule has 3 N–H and O–H groups in total. The molecule has 0 saturated heterocycles. The Morgan fingerprint density at radius 2 is 2.24 bits per heavy atom. The van der Waals surface area contributed by atoms with Crippen LogP contribution in [0, 0.1) is 5.82 Å². The maximum Gasteiger partial charge on any atom is 0.324 e. The third kappa shape index (κ3) is 3.82. The molecule has 0 spiro atoms. The van der Waals surface area contributed by atoms with Crippen molar-refractivity contribution >= 4 is 5.97 Å². The van der Waals surface area contributed by atoms with Crippen LogP contribution in [0.1, 0.15) is 31.7 Å². The Labute approximate surface area is 100 Å². The molecule has 1 atom stereocenters. The van der Waals surface area contributed by atoms with Gasteiger partial charge in [0.1, 0.15) is 11.4 Å². The lowest BCUT2D eigenvalue weighted by Crippen LogP contribution is -2.49. The zero-order chi connectivity index (χ0) is 12.9. The van der Waals surface area contributed by atoms with Crippen molar-refractivity contribution in [3.63, 3.8) is 0 Å². The molecule has 0 aliphatic carbocycles. The number of carboxylic acids is 1. The van der Waals surface area contributed by atoms with Gasteiger partial charge in [-0.2, -0.15) is 0 Å². The van der Waals surface area contributed by atoms with Gasteiger partial charge in [0.05, 0.1) is 0 Å². The maximum absolute atomic E-state index is 13.0. The summed E-state index contributed by atoms with van der Waals surface area (Å²) in [6, 6.07) is 5.91. The highest BCUT2D eigenvalue weighted by Crippen LogP contribution is 2.19. The summed E-state index contributed by atoms with van der Waals surface area (Å²) >= 11 is 0. The molecule has 0 amide bonds. The number of benzene rings is 1. The Balaban J connectivity index is 2.83. The van der Waals surface area contributed by atoms with Gasteiger partial charge in [-0.15, -0.1) is 0 Å². The Bertz CT molecular complexity index is 395. The number of carboxylic acid groups (broad SMARTS) is 1. The largest absolute Gasteiger partial charge is 0.480 e. The molecule has 1 rings (SSSR count). The monoisotopic (exact) mass is 239 g/mol. The van der Waals surface area contributed by atoms with Crippen LogP contribution >= 0.6 is 0 Å². The second kappa shape index (κ2) is 5.77. The lowest BCUT2D eigenvalue weighted by atomic mass is 9.87. The normalized spacial score (nSPS) is 14.3. The predicted octanol–water partition coefficient (Wildman–Crippen LogP) is 2.34. The van der Waals surface area contributed by atoms with E-state index < -0.39 is 11.5 Å². The third-order valence-electron chi connectivity index (χ3n) is 2.81. The molecule has 0 heterocycles. The number of hydrogen-bond donors (Lipinski definition) is 2. The average Bonchev–Trinajstić information content (AvgIpc) is 2.26. The number of hydrogen-bond acceptors (Lipinski definition) is 2. The predicted molar refractivity (Wildman–Crippen MR) is 64.2 cm³/mol. The van der Waals surface area contributed by atoms with Crippen molar-refractivity contribution in [3.05, 3.63) is 35.6 Å². The molecule has 0 unspecified atom stereocenters. The van der Waals surface area contributed by atoms with Crippen LogP contribution in [0.5, 0.6) is 0 Å². The number of nitrogens with two attached hydrogens (primary N) is 1. The molecule has 3 nitrogen and oxygen atoms in total. The van der Waals surface area contributed by atoms with E-state index >= 15 is 0 Å². The maximum atomic E-state index is 13.0. The van der Waals surface area contributed by atoms with E-state index in [2.05, 4.69) is 0 Å². The molecular formula is C13H18FNO2. The number of unbranched alkanes of at least 4 members (excludes halogenated alkanes) is 1. The Hall–Kier alpha value is -1.42. The van der Waals surface area contributed by atoms with E-state index in [-0.39, 0.29) is 12.2 Å². The molecule has 17 heavy (non-hydrogen) atoms. The van der Waals surface area contributed by atoms with Crippen LogP contribution in [0.3, 0.4) is 0 Å². The summed E-state index contributed by atoms with van der Waals surface area (Å²) in [5.74, 6) is -1.40. The van der Waals surface area contributed by atoms with Crippen LogP contribution in [0.2, 0.25) is 0 Å². The summed E-state index contributed by atoms with van der Waals surface area (Å²) in [4.78, 5) is 11.2. The molecule has 4 heteroatoms. The van der Waals surface area contributed by atoms with Crippen LogP contribution in [0.25, 0.3) is 0 Å². The van der Waals surface area contributed by atoms with Crippen LogP contribution in [0.4, 0.5) is 4.39 Å². The van der Waals surface area contributed by atoms with Crippen molar-refractivity contribution in [2.24, 2.45) is 5.73 Å². The first-order chi connectivity index (χ1) is 7.98. The van der Waals surface area contributed by atoms with E-state index in [0.29, 0.717) is 12.0 Å². The van der Waals surface area contributed by atoms with Gasteiger partial charge in [-0.05, 0) is 24.1 Å². The Kier molecular flexibility index (Phi) is 4.63. The van der Waals surface area contributed by atoms with Crippen LogP contribution < -0.4 is 5.73 Å². The molecule has 0 fully saturated rings. The van der Waals surface area contributed by atoms with Gasteiger partial charge in [-0.1, -0.05) is 31.9 Å². The van der Waals surface area contributed by atoms with Gasteiger partial charge < -0.3 is 10.8 Å². The molecule has 1 aromatic carbocycles. The number of halogens is 1. The molecule has 0 bridgehead atoms. The summed E-state index contributed by atoms with van der Waals surface area (Å²) < 4.78 is 13.0. The van der Waals surface area contributed by atoms with Gasteiger partial charge in [-0.3, -0.25) is 4.79 Å². The van der Waals surface area contributed by atoms with Crippen molar-refractivity contribution in [1.82, 2.24) is 0 Å². The smallest absolute Gasteiger partial charge is 0.324 e. The van der Waals surface area contributed by atoms with Gasteiger partial charge in [0.25, 0.3) is 0 Å². The van der Waals surface area contributed by atoms with E-state index in [0.717, 1.165) is 12.8 Å². The topological polar surface area (TPSA) is 63.3 Å². The minimum Gasteiger partial charge on any atom is -0.480 e. The number of carbonyl (C=O) groups is 1. The summed E-state index contributed by atoms with van der Waals surface area (Å²) in [7, 11) is 0. The zero-order valence-electron chi connectivity index (χ0n) is 9.95. The molecular weight excluding hydrogens is 221 g/mol. The Morgan fingerprint density at radius 3 is 2.76 bits per heavy atom. The van der Waals surface area contributed by atoms with Gasteiger partial charge >= 0.3 is 5.97 Å². The highest BCUT2D eigenvalue weighted by molar-refractivity contribution is 5.78. The van der Waals surface area contributed by atoms with Crippen molar-refractivity contribution < 1.29 is 14.3 Å². The first-order valence-electron chi connectivity index (χ1n) is 5.74. The molecule has 0 aromatic heterocycles. The zero-order valence-corrected chi connectivity index (χ0v) is 9.95. The van der Waals surface area contributed by atoms with Crippen LogP contribution in [-0.2, 0) is 11.2 Å². The SMILES string of the molecule is CCCC[C@@](N)(Cc1cccc(F)c1)C(=O)O. The summed E-state index contributed by atoms with van der Waals surface area (Å²) in [6.07, 6.45) is 2.18. The number of rotatable bonds is 6. The summed E-state index contributed by atoms with van der Waals surface area (Å²) in [5.41, 5.74) is 5.20. The fourth-order valence-corrected chi connectivity index (χ4v) is 1.77. The van der Waals surface area contributed by atoms with E-state index in [1.54, 1.807) is 12.1 Å². The quantitative estimate of drug-likeness (QED) is 0.800. The highest BCUT2D eigenvalue weighted by atomic mass is 19.1. The van der Waals surface area contributed by atoms with Crippen molar-refractivity contribution in [2.45, 2.75) is 38.1 Å². The molecule has 0 aliphatic rings. The highest BCUT2D eigenvalue weighted by Gasteiger charge is 2.33. The lowest BCUT2D eigenvalue weighted by Gasteiger charge is -2.24. The van der Waals surface area contributed by atoms with E-state index in [4.69, 9.17) is 5.73 Å². The molecule has 0 radical (unpaired) electrons. The van der Waals surface area contributed by atoms with E-state index in [1.807, 2.05) is 6.92 Å². The first-order valence-corrected chi connectivity index (χ1v) is 5.74. The van der Waals surface area contributed by atoms with E-state index in [9.17, 15) is 14.3 Å². The average molecular weight is 239 g/mol. The second-order valence-corrected chi connectivity index (χ2v) is 4.37. The summed E-state index contributed by atoms with van der Waals surface area (Å²) in [6.45, 7) is 1.98. The molecule has 1 aromatic rings. The van der Waals surface area contributed by atoms with Gasteiger partial charge in [0, 0.05) is 6.42 Å². The Morgan fingerprint density at radius 1 is 1.53 bits per heavy atom. The van der Waals surface area contributed by atoms with Crippen molar-refractivity contribution in [3.8, 4) is 0 Å². The van der Waals surface area contributed by atoms with Gasteiger partial charge in [0.15, 0.2) is 0 Å². The molecule has 0 aliphatic heterocycles. The third-order valence-corrected chi connectivity index (χ3v) is 2.81.